The summed E-state index contributed by atoms with van der Waals surface area (Å²) in [5, 5.41) is 5.67. The standard InChI is InChI=1S/C31H47N5O5/c1-9-34(10-2)22-13-11-21(12-14-22)28(39)33-23(17-19(3)4)29(40)35-16-15-24-26(35)25(38)18-36(24)30(41)27(31(6,7)8)32-20(5)37/h11-14,19,23-24,26-27H,9-10,15-18H2,1-8H3,(H,32,37)(H,33,39). The van der Waals surface area contributed by atoms with Gasteiger partial charge in [-0.2, -0.15) is 0 Å². The summed E-state index contributed by atoms with van der Waals surface area (Å²) in [7, 11) is 0. The third kappa shape index (κ3) is 7.26. The number of carbonyl (C=O) groups excluding carboxylic acids is 5. The molecule has 0 aromatic heterocycles. The fourth-order valence-corrected chi connectivity index (χ4v) is 5.92. The number of fused-ring (bicyclic) bond motifs is 1. The predicted octanol–water partition coefficient (Wildman–Crippen LogP) is 2.61. The summed E-state index contributed by atoms with van der Waals surface area (Å²) in [6.45, 7) is 17.0. The topological polar surface area (TPSA) is 119 Å². The molecule has 10 heteroatoms. The highest BCUT2D eigenvalue weighted by atomic mass is 16.2. The van der Waals surface area contributed by atoms with Crippen LogP contribution in [0.1, 0.15) is 78.6 Å². The van der Waals surface area contributed by atoms with Crippen molar-refractivity contribution >= 4 is 35.1 Å². The van der Waals surface area contributed by atoms with Crippen LogP contribution >= 0.6 is 0 Å². The minimum atomic E-state index is -0.803. The van der Waals surface area contributed by atoms with Gasteiger partial charge in [-0.15, -0.1) is 0 Å². The molecule has 2 aliphatic rings. The Kier molecular flexibility index (Phi) is 10.2. The number of anilines is 1. The summed E-state index contributed by atoms with van der Waals surface area (Å²) in [6.07, 6.45) is 0.876. The van der Waals surface area contributed by atoms with E-state index in [1.165, 1.54) is 11.8 Å². The Balaban J connectivity index is 1.78. The summed E-state index contributed by atoms with van der Waals surface area (Å²) < 4.78 is 0. The van der Waals surface area contributed by atoms with Gasteiger partial charge in [0.05, 0.1) is 12.6 Å². The van der Waals surface area contributed by atoms with Gasteiger partial charge in [0.1, 0.15) is 18.1 Å². The molecule has 4 amide bonds. The van der Waals surface area contributed by atoms with E-state index in [2.05, 4.69) is 29.4 Å². The number of rotatable bonds is 10. The monoisotopic (exact) mass is 569 g/mol. The van der Waals surface area contributed by atoms with Crippen molar-refractivity contribution in [3.05, 3.63) is 29.8 Å². The number of hydrogen-bond donors (Lipinski definition) is 2. The third-order valence-electron chi connectivity index (χ3n) is 8.02. The molecule has 2 fully saturated rings. The maximum atomic E-state index is 13.9. The number of nitrogens with one attached hydrogen (secondary N) is 2. The van der Waals surface area contributed by atoms with Crippen molar-refractivity contribution in [2.75, 3.05) is 31.1 Å². The van der Waals surface area contributed by atoms with Crippen LogP contribution in [-0.4, -0.2) is 89.6 Å². The molecular formula is C31H47N5O5. The Morgan fingerprint density at radius 3 is 2.10 bits per heavy atom. The van der Waals surface area contributed by atoms with E-state index in [1.807, 2.05) is 46.8 Å². The first-order chi connectivity index (χ1) is 19.2. The SMILES string of the molecule is CCN(CC)c1ccc(C(=O)NC(CC(C)C)C(=O)N2CCC3C2C(=O)CN3C(=O)C(NC(C)=O)C(C)(C)C)cc1. The quantitative estimate of drug-likeness (QED) is 0.447. The molecule has 4 atom stereocenters. The Morgan fingerprint density at radius 1 is 0.976 bits per heavy atom. The van der Waals surface area contributed by atoms with Crippen LogP contribution in [0.25, 0.3) is 0 Å². The fraction of sp³-hybridized carbons (Fsp3) is 0.645. The first-order valence-electron chi connectivity index (χ1n) is 14.8. The number of carbonyl (C=O) groups is 5. The summed E-state index contributed by atoms with van der Waals surface area (Å²) >= 11 is 0. The van der Waals surface area contributed by atoms with Crippen LogP contribution in [0.4, 0.5) is 5.69 Å². The van der Waals surface area contributed by atoms with E-state index in [4.69, 9.17) is 0 Å². The van der Waals surface area contributed by atoms with Gasteiger partial charge in [0.25, 0.3) is 5.91 Å². The molecule has 2 heterocycles. The van der Waals surface area contributed by atoms with Crippen LogP contribution in [0.3, 0.4) is 0 Å². The minimum Gasteiger partial charge on any atom is -0.372 e. The smallest absolute Gasteiger partial charge is 0.251 e. The van der Waals surface area contributed by atoms with Crippen molar-refractivity contribution in [2.45, 2.75) is 92.4 Å². The highest BCUT2D eigenvalue weighted by molar-refractivity contribution is 6.01. The first-order valence-corrected chi connectivity index (χ1v) is 14.8. The molecule has 0 bridgehead atoms. The second kappa shape index (κ2) is 13.0. The van der Waals surface area contributed by atoms with Crippen LogP contribution in [0.2, 0.25) is 0 Å². The van der Waals surface area contributed by atoms with Crippen LogP contribution in [0, 0.1) is 11.3 Å². The first kappa shape index (κ1) is 32.1. The van der Waals surface area contributed by atoms with E-state index in [9.17, 15) is 24.0 Å². The zero-order valence-corrected chi connectivity index (χ0v) is 25.8. The van der Waals surface area contributed by atoms with Gasteiger partial charge in [0, 0.05) is 37.8 Å². The van der Waals surface area contributed by atoms with Crippen molar-refractivity contribution in [3.8, 4) is 0 Å². The van der Waals surface area contributed by atoms with Crippen LogP contribution in [-0.2, 0) is 19.2 Å². The lowest BCUT2D eigenvalue weighted by Crippen LogP contribution is -2.56. The molecule has 2 saturated heterocycles. The molecule has 2 aliphatic heterocycles. The van der Waals surface area contributed by atoms with Gasteiger partial charge in [-0.25, -0.2) is 0 Å². The van der Waals surface area contributed by atoms with Crippen LogP contribution in [0.5, 0.6) is 0 Å². The highest BCUT2D eigenvalue weighted by Gasteiger charge is 2.53. The highest BCUT2D eigenvalue weighted by Crippen LogP contribution is 2.33. The van der Waals surface area contributed by atoms with E-state index in [1.54, 1.807) is 17.0 Å². The van der Waals surface area contributed by atoms with Crippen molar-refractivity contribution in [2.24, 2.45) is 11.3 Å². The summed E-state index contributed by atoms with van der Waals surface area (Å²) in [6, 6.07) is 4.51. The number of benzene rings is 1. The Hall–Kier alpha value is -3.43. The Labute approximate surface area is 244 Å². The molecule has 2 N–H and O–H groups in total. The lowest BCUT2D eigenvalue weighted by Gasteiger charge is -2.35. The number of ketones is 1. The lowest BCUT2D eigenvalue weighted by molar-refractivity contribution is -0.140. The zero-order chi connectivity index (χ0) is 30.6. The molecule has 0 aliphatic carbocycles. The minimum absolute atomic E-state index is 0.107. The van der Waals surface area contributed by atoms with Crippen molar-refractivity contribution in [1.82, 2.24) is 20.4 Å². The second-order valence-electron chi connectivity index (χ2n) is 12.6. The average Bonchev–Trinajstić information content (AvgIpc) is 3.47. The summed E-state index contributed by atoms with van der Waals surface area (Å²) in [5.74, 6) is -1.37. The number of Topliss-reactive ketones (excluding diaryl/α,β-unsaturated/α-hetero) is 1. The van der Waals surface area contributed by atoms with Gasteiger partial charge in [-0.3, -0.25) is 24.0 Å². The maximum Gasteiger partial charge on any atom is 0.251 e. The van der Waals surface area contributed by atoms with Crippen molar-refractivity contribution in [3.63, 3.8) is 0 Å². The van der Waals surface area contributed by atoms with Gasteiger partial charge < -0.3 is 25.3 Å². The second-order valence-corrected chi connectivity index (χ2v) is 12.6. The van der Waals surface area contributed by atoms with Gasteiger partial charge >= 0.3 is 0 Å². The van der Waals surface area contributed by atoms with E-state index in [0.29, 0.717) is 24.9 Å². The largest absolute Gasteiger partial charge is 0.372 e. The molecule has 10 nitrogen and oxygen atoms in total. The maximum absolute atomic E-state index is 13.9. The molecular weight excluding hydrogens is 522 g/mol. The normalized spacial score (nSPS) is 20.1. The van der Waals surface area contributed by atoms with Gasteiger partial charge in [-0.05, 0) is 62.3 Å². The van der Waals surface area contributed by atoms with Crippen LogP contribution in [0.15, 0.2) is 24.3 Å². The van der Waals surface area contributed by atoms with Gasteiger partial charge in [-0.1, -0.05) is 34.6 Å². The van der Waals surface area contributed by atoms with Crippen LogP contribution < -0.4 is 15.5 Å². The molecule has 41 heavy (non-hydrogen) atoms. The number of amides is 4. The third-order valence-corrected chi connectivity index (χ3v) is 8.02. The molecule has 1 aromatic carbocycles. The van der Waals surface area contributed by atoms with E-state index in [0.717, 1.165) is 18.8 Å². The number of nitrogens with zero attached hydrogens (tertiary/aromatic N) is 3. The van der Waals surface area contributed by atoms with Crippen molar-refractivity contribution < 1.29 is 24.0 Å². The van der Waals surface area contributed by atoms with Gasteiger partial charge in [0.2, 0.25) is 17.7 Å². The number of likely N-dealkylation sites (tertiary alicyclic amines) is 2. The lowest BCUT2D eigenvalue weighted by atomic mass is 9.85. The summed E-state index contributed by atoms with van der Waals surface area (Å²) in [4.78, 5) is 71.0. The molecule has 0 radical (unpaired) electrons. The van der Waals surface area contributed by atoms with Crippen molar-refractivity contribution in [1.29, 1.82) is 0 Å². The molecule has 1 aromatic rings. The zero-order valence-electron chi connectivity index (χ0n) is 25.8. The average molecular weight is 570 g/mol. The van der Waals surface area contributed by atoms with Gasteiger partial charge in [0.15, 0.2) is 5.78 Å². The van der Waals surface area contributed by atoms with E-state index in [-0.39, 0.29) is 41.9 Å². The molecule has 0 saturated carbocycles. The van der Waals surface area contributed by atoms with E-state index >= 15 is 0 Å². The molecule has 226 valence electrons. The predicted molar refractivity (Wildman–Crippen MR) is 158 cm³/mol. The fourth-order valence-electron chi connectivity index (χ4n) is 5.92. The van der Waals surface area contributed by atoms with E-state index < -0.39 is 29.6 Å². The Morgan fingerprint density at radius 2 is 1.59 bits per heavy atom. The Bertz CT molecular complexity index is 1140. The summed E-state index contributed by atoms with van der Waals surface area (Å²) in [5.41, 5.74) is 0.922. The number of hydrogen-bond acceptors (Lipinski definition) is 6. The molecule has 4 unspecified atom stereocenters. The molecule has 0 spiro atoms. The molecule has 3 rings (SSSR count).